The number of carbonyl (C=O) groups is 3. The number of halogens is 1. The second-order valence-corrected chi connectivity index (χ2v) is 6.57. The molecule has 1 aliphatic rings. The number of aromatic nitrogens is 2. The van der Waals surface area contributed by atoms with Crippen LogP contribution in [0.25, 0.3) is 0 Å². The van der Waals surface area contributed by atoms with Crippen LogP contribution in [0.4, 0.5) is 5.69 Å². The molecule has 140 valence electrons. The van der Waals surface area contributed by atoms with Crippen molar-refractivity contribution in [1.29, 1.82) is 0 Å². The van der Waals surface area contributed by atoms with E-state index in [0.29, 0.717) is 5.56 Å². The molecule has 1 aromatic carbocycles. The van der Waals surface area contributed by atoms with E-state index in [9.17, 15) is 14.4 Å². The highest BCUT2D eigenvalue weighted by Crippen LogP contribution is 2.25. The van der Waals surface area contributed by atoms with Gasteiger partial charge < -0.3 is 15.7 Å². The number of rotatable bonds is 5. The molecule has 0 spiro atoms. The first-order chi connectivity index (χ1) is 13.0. The average molecular weight is 389 g/mol. The Labute approximate surface area is 160 Å². The lowest BCUT2D eigenvalue weighted by atomic mass is 10.1. The number of carbonyl (C=O) groups excluding carboxylic acids is 2. The van der Waals surface area contributed by atoms with Crippen molar-refractivity contribution >= 4 is 35.1 Å². The van der Waals surface area contributed by atoms with Gasteiger partial charge in [-0.25, -0.2) is 14.8 Å². The summed E-state index contributed by atoms with van der Waals surface area (Å²) < 4.78 is 0. The number of carboxylic acid groups (broad SMARTS) is 1. The second-order valence-electron chi connectivity index (χ2n) is 6.16. The molecule has 0 atom stereocenters. The van der Waals surface area contributed by atoms with Gasteiger partial charge >= 0.3 is 5.97 Å². The van der Waals surface area contributed by atoms with Crippen LogP contribution in [0, 0.1) is 0 Å². The summed E-state index contributed by atoms with van der Waals surface area (Å²) in [4.78, 5) is 43.4. The van der Waals surface area contributed by atoms with Gasteiger partial charge in [0.2, 0.25) is 0 Å². The SMILES string of the molecule is O=C(NC1CCCC1)c1ccc(Cl)c(NC(=O)c2nccnc2C(=O)O)c1. The van der Waals surface area contributed by atoms with Crippen molar-refractivity contribution in [3.63, 3.8) is 0 Å². The van der Waals surface area contributed by atoms with Crippen LogP contribution in [0.2, 0.25) is 5.02 Å². The van der Waals surface area contributed by atoms with E-state index in [0.717, 1.165) is 25.7 Å². The number of amides is 2. The molecule has 1 aliphatic carbocycles. The van der Waals surface area contributed by atoms with Crippen molar-refractivity contribution in [2.75, 3.05) is 5.32 Å². The molecule has 9 heteroatoms. The Bertz CT molecular complexity index is 897. The van der Waals surface area contributed by atoms with Crippen LogP contribution in [-0.2, 0) is 0 Å². The molecule has 27 heavy (non-hydrogen) atoms. The summed E-state index contributed by atoms with van der Waals surface area (Å²) in [6.07, 6.45) is 6.49. The zero-order valence-corrected chi connectivity index (χ0v) is 15.0. The Hall–Kier alpha value is -3.00. The third kappa shape index (κ3) is 4.40. The minimum Gasteiger partial charge on any atom is -0.476 e. The molecule has 0 bridgehead atoms. The first kappa shape index (κ1) is 18.8. The van der Waals surface area contributed by atoms with Crippen molar-refractivity contribution in [2.45, 2.75) is 31.7 Å². The van der Waals surface area contributed by atoms with Gasteiger partial charge in [0, 0.05) is 24.0 Å². The number of carboxylic acids is 1. The molecule has 1 saturated carbocycles. The molecule has 1 heterocycles. The van der Waals surface area contributed by atoms with Crippen molar-refractivity contribution in [3.8, 4) is 0 Å². The molecular formula is C18H17ClN4O4. The zero-order chi connectivity index (χ0) is 19.4. The van der Waals surface area contributed by atoms with Crippen LogP contribution in [0.15, 0.2) is 30.6 Å². The number of hydrogen-bond acceptors (Lipinski definition) is 5. The standard InChI is InChI=1S/C18H17ClN4O4/c19-12-6-5-10(16(24)22-11-3-1-2-4-11)9-13(12)23-17(25)14-15(18(26)27)21-8-7-20-14/h5-9,11H,1-4H2,(H,22,24)(H,23,25)(H,26,27). The molecule has 0 saturated heterocycles. The Morgan fingerprint density at radius 2 is 1.70 bits per heavy atom. The van der Waals surface area contributed by atoms with Crippen LogP contribution >= 0.6 is 11.6 Å². The van der Waals surface area contributed by atoms with Crippen LogP contribution in [0.3, 0.4) is 0 Å². The predicted molar refractivity (Wildman–Crippen MR) is 98.1 cm³/mol. The van der Waals surface area contributed by atoms with Crippen molar-refractivity contribution in [2.24, 2.45) is 0 Å². The third-order valence-electron chi connectivity index (χ3n) is 4.28. The van der Waals surface area contributed by atoms with E-state index in [-0.39, 0.29) is 28.4 Å². The molecule has 0 unspecified atom stereocenters. The number of anilines is 1. The maximum Gasteiger partial charge on any atom is 0.356 e. The van der Waals surface area contributed by atoms with Crippen LogP contribution in [-0.4, -0.2) is 38.9 Å². The molecule has 2 aromatic rings. The maximum atomic E-state index is 12.4. The van der Waals surface area contributed by atoms with Gasteiger partial charge in [-0.2, -0.15) is 0 Å². The van der Waals surface area contributed by atoms with E-state index in [1.54, 1.807) is 6.07 Å². The highest BCUT2D eigenvalue weighted by atomic mass is 35.5. The smallest absolute Gasteiger partial charge is 0.356 e. The fraction of sp³-hybridized carbons (Fsp3) is 0.278. The number of benzene rings is 1. The van der Waals surface area contributed by atoms with Crippen LogP contribution < -0.4 is 10.6 Å². The molecule has 0 radical (unpaired) electrons. The molecule has 8 nitrogen and oxygen atoms in total. The van der Waals surface area contributed by atoms with E-state index in [1.165, 1.54) is 24.5 Å². The van der Waals surface area contributed by atoms with E-state index in [4.69, 9.17) is 16.7 Å². The fourth-order valence-electron chi connectivity index (χ4n) is 2.94. The Morgan fingerprint density at radius 3 is 2.37 bits per heavy atom. The highest BCUT2D eigenvalue weighted by Gasteiger charge is 2.22. The molecule has 3 rings (SSSR count). The summed E-state index contributed by atoms with van der Waals surface area (Å²) in [5, 5.41) is 14.8. The predicted octanol–water partition coefficient (Wildman–Crippen LogP) is 2.75. The van der Waals surface area contributed by atoms with Crippen molar-refractivity contribution in [3.05, 3.63) is 52.6 Å². The highest BCUT2D eigenvalue weighted by molar-refractivity contribution is 6.34. The summed E-state index contributed by atoms with van der Waals surface area (Å²) in [6, 6.07) is 4.66. The maximum absolute atomic E-state index is 12.4. The Kier molecular flexibility index (Phi) is 5.66. The largest absolute Gasteiger partial charge is 0.476 e. The van der Waals surface area contributed by atoms with Gasteiger partial charge in [0.15, 0.2) is 11.4 Å². The van der Waals surface area contributed by atoms with E-state index < -0.39 is 17.6 Å². The van der Waals surface area contributed by atoms with Crippen LogP contribution in [0.5, 0.6) is 0 Å². The van der Waals surface area contributed by atoms with Gasteiger partial charge in [-0.1, -0.05) is 24.4 Å². The summed E-state index contributed by atoms with van der Waals surface area (Å²) in [5.41, 5.74) is -0.287. The minimum absolute atomic E-state index is 0.156. The van der Waals surface area contributed by atoms with E-state index >= 15 is 0 Å². The van der Waals surface area contributed by atoms with E-state index in [1.807, 2.05) is 0 Å². The summed E-state index contributed by atoms with van der Waals surface area (Å²) in [7, 11) is 0. The monoisotopic (exact) mass is 388 g/mol. The Balaban J connectivity index is 1.79. The summed E-state index contributed by atoms with van der Waals surface area (Å²) >= 11 is 6.11. The average Bonchev–Trinajstić information content (AvgIpc) is 3.16. The molecule has 0 aliphatic heterocycles. The first-order valence-corrected chi connectivity index (χ1v) is 8.79. The van der Waals surface area contributed by atoms with Gasteiger partial charge in [0.25, 0.3) is 11.8 Å². The summed E-state index contributed by atoms with van der Waals surface area (Å²) in [5.74, 6) is -2.40. The van der Waals surface area contributed by atoms with Gasteiger partial charge in [-0.15, -0.1) is 0 Å². The fourth-order valence-corrected chi connectivity index (χ4v) is 3.11. The molecule has 2 amide bonds. The Morgan fingerprint density at radius 1 is 1.04 bits per heavy atom. The lowest BCUT2D eigenvalue weighted by Crippen LogP contribution is -2.32. The lowest BCUT2D eigenvalue weighted by Gasteiger charge is -2.13. The third-order valence-corrected chi connectivity index (χ3v) is 4.61. The normalized spacial score (nSPS) is 14.0. The van der Waals surface area contributed by atoms with Crippen LogP contribution in [0.1, 0.15) is 57.0 Å². The van der Waals surface area contributed by atoms with Crippen molar-refractivity contribution < 1.29 is 19.5 Å². The van der Waals surface area contributed by atoms with Gasteiger partial charge in [0.05, 0.1) is 10.7 Å². The van der Waals surface area contributed by atoms with Gasteiger partial charge in [-0.3, -0.25) is 9.59 Å². The van der Waals surface area contributed by atoms with Gasteiger partial charge in [-0.05, 0) is 31.0 Å². The van der Waals surface area contributed by atoms with Gasteiger partial charge in [0.1, 0.15) is 0 Å². The zero-order valence-electron chi connectivity index (χ0n) is 14.2. The summed E-state index contributed by atoms with van der Waals surface area (Å²) in [6.45, 7) is 0. The molecule has 1 aromatic heterocycles. The number of aromatic carboxylic acids is 1. The molecular weight excluding hydrogens is 372 g/mol. The molecule has 3 N–H and O–H groups in total. The molecule has 1 fully saturated rings. The number of hydrogen-bond donors (Lipinski definition) is 3. The first-order valence-electron chi connectivity index (χ1n) is 8.42. The van der Waals surface area contributed by atoms with E-state index in [2.05, 4.69) is 20.6 Å². The second kappa shape index (κ2) is 8.13. The quantitative estimate of drug-likeness (QED) is 0.724. The minimum atomic E-state index is -1.37. The number of nitrogens with one attached hydrogen (secondary N) is 2. The van der Waals surface area contributed by atoms with Crippen molar-refractivity contribution in [1.82, 2.24) is 15.3 Å². The lowest BCUT2D eigenvalue weighted by molar-refractivity contribution is 0.0684. The number of nitrogens with zero attached hydrogens (tertiary/aromatic N) is 2. The topological polar surface area (TPSA) is 121 Å².